The Kier molecular flexibility index (Phi) is 3.54. The number of benzene rings is 1. The molecule has 0 N–H and O–H groups in total. The number of aryl methyl sites for hydroxylation is 1. The fraction of sp³-hybridized carbons (Fsp3) is 0.385. The monoisotopic (exact) mass is 232 g/mol. The number of carbonyl (C=O) groups excluding carboxylic acids is 1. The van der Waals surface area contributed by atoms with Crippen LogP contribution in [0.15, 0.2) is 24.3 Å². The van der Waals surface area contributed by atoms with Gasteiger partial charge < -0.3 is 9.30 Å². The van der Waals surface area contributed by atoms with E-state index in [1.807, 2.05) is 28.8 Å². The van der Waals surface area contributed by atoms with Crippen LogP contribution in [-0.4, -0.2) is 29.1 Å². The average molecular weight is 232 g/mol. The Morgan fingerprint density at radius 1 is 1.41 bits per heavy atom. The predicted molar refractivity (Wildman–Crippen MR) is 66.2 cm³/mol. The van der Waals surface area contributed by atoms with Crippen LogP contribution in [-0.2, 0) is 11.3 Å². The van der Waals surface area contributed by atoms with Crippen LogP contribution in [0.25, 0.3) is 11.0 Å². The number of fused-ring (bicyclic) bond motifs is 1. The molecule has 1 heterocycles. The maximum absolute atomic E-state index is 11.6. The number of hydrogen-bond donors (Lipinski definition) is 0. The van der Waals surface area contributed by atoms with Gasteiger partial charge in [0.1, 0.15) is 0 Å². The molecule has 0 saturated heterocycles. The van der Waals surface area contributed by atoms with Gasteiger partial charge in [-0.15, -0.1) is 0 Å². The summed E-state index contributed by atoms with van der Waals surface area (Å²) >= 11 is 0. The zero-order chi connectivity index (χ0) is 12.3. The van der Waals surface area contributed by atoms with E-state index < -0.39 is 0 Å². The molecular formula is C13H16N2O2. The second kappa shape index (κ2) is 5.10. The second-order valence-corrected chi connectivity index (χ2v) is 3.98. The van der Waals surface area contributed by atoms with E-state index in [4.69, 9.17) is 4.74 Å². The van der Waals surface area contributed by atoms with E-state index >= 15 is 0 Å². The Bertz CT molecular complexity index is 531. The minimum Gasteiger partial charge on any atom is -0.385 e. The fourth-order valence-corrected chi connectivity index (χ4v) is 1.94. The van der Waals surface area contributed by atoms with Crippen LogP contribution in [0, 0.1) is 0 Å². The van der Waals surface area contributed by atoms with Gasteiger partial charge in [-0.25, -0.2) is 4.98 Å². The Morgan fingerprint density at radius 2 is 2.18 bits per heavy atom. The molecule has 17 heavy (non-hydrogen) atoms. The fourth-order valence-electron chi connectivity index (χ4n) is 1.94. The van der Waals surface area contributed by atoms with Gasteiger partial charge in [-0.2, -0.15) is 0 Å². The largest absolute Gasteiger partial charge is 0.385 e. The number of imidazole rings is 1. The third-order valence-corrected chi connectivity index (χ3v) is 2.70. The van der Waals surface area contributed by atoms with Gasteiger partial charge in [-0.1, -0.05) is 12.1 Å². The molecule has 0 aliphatic heterocycles. The number of ether oxygens (including phenoxy) is 1. The smallest absolute Gasteiger partial charge is 0.195 e. The first-order valence-electron chi connectivity index (χ1n) is 5.69. The topological polar surface area (TPSA) is 44.1 Å². The Morgan fingerprint density at radius 3 is 2.88 bits per heavy atom. The highest BCUT2D eigenvalue weighted by Gasteiger charge is 2.13. The van der Waals surface area contributed by atoms with Gasteiger partial charge in [0.2, 0.25) is 0 Å². The predicted octanol–water partition coefficient (Wildman–Crippen LogP) is 2.28. The number of aromatic nitrogens is 2. The molecular weight excluding hydrogens is 216 g/mol. The van der Waals surface area contributed by atoms with Crippen molar-refractivity contribution in [2.45, 2.75) is 19.9 Å². The first kappa shape index (κ1) is 11.8. The van der Waals surface area contributed by atoms with Gasteiger partial charge in [0.05, 0.1) is 11.0 Å². The van der Waals surface area contributed by atoms with Crippen molar-refractivity contribution in [1.29, 1.82) is 0 Å². The molecule has 1 aromatic carbocycles. The lowest BCUT2D eigenvalue weighted by Gasteiger charge is -2.06. The van der Waals surface area contributed by atoms with Crippen LogP contribution >= 0.6 is 0 Å². The highest BCUT2D eigenvalue weighted by atomic mass is 16.5. The molecule has 4 nitrogen and oxygen atoms in total. The Hall–Kier alpha value is -1.68. The summed E-state index contributed by atoms with van der Waals surface area (Å²) in [6.45, 7) is 2.99. The van der Waals surface area contributed by atoms with Crippen molar-refractivity contribution < 1.29 is 9.53 Å². The van der Waals surface area contributed by atoms with Crippen molar-refractivity contribution in [3.63, 3.8) is 0 Å². The average Bonchev–Trinajstić information content (AvgIpc) is 2.69. The number of methoxy groups -OCH3 is 1. The van der Waals surface area contributed by atoms with Crippen LogP contribution in [0.1, 0.15) is 24.0 Å². The zero-order valence-corrected chi connectivity index (χ0v) is 10.1. The molecule has 0 radical (unpaired) electrons. The Labute approximate surface area is 100 Å². The van der Waals surface area contributed by atoms with Crippen molar-refractivity contribution >= 4 is 16.8 Å². The molecule has 0 unspecified atom stereocenters. The minimum absolute atomic E-state index is 0.00128. The highest BCUT2D eigenvalue weighted by molar-refractivity contribution is 5.94. The van der Waals surface area contributed by atoms with Gasteiger partial charge in [0.25, 0.3) is 0 Å². The number of hydrogen-bond acceptors (Lipinski definition) is 3. The summed E-state index contributed by atoms with van der Waals surface area (Å²) in [7, 11) is 1.68. The molecule has 0 fully saturated rings. The highest BCUT2D eigenvalue weighted by Crippen LogP contribution is 2.16. The molecule has 90 valence electrons. The minimum atomic E-state index is -0.00128. The number of para-hydroxylation sites is 2. The van der Waals surface area contributed by atoms with E-state index in [-0.39, 0.29) is 5.78 Å². The maximum Gasteiger partial charge on any atom is 0.195 e. The summed E-state index contributed by atoms with van der Waals surface area (Å²) in [5.41, 5.74) is 1.88. The zero-order valence-electron chi connectivity index (χ0n) is 10.1. The lowest BCUT2D eigenvalue weighted by Crippen LogP contribution is -2.09. The molecule has 0 atom stereocenters. The molecule has 4 heteroatoms. The van der Waals surface area contributed by atoms with Crippen molar-refractivity contribution in [2.75, 3.05) is 13.7 Å². The SMILES string of the molecule is COCCCn1c(C(C)=O)nc2ccccc21. The van der Waals surface area contributed by atoms with Crippen LogP contribution in [0.4, 0.5) is 0 Å². The third-order valence-electron chi connectivity index (χ3n) is 2.70. The molecule has 1 aromatic heterocycles. The molecule has 0 bridgehead atoms. The van der Waals surface area contributed by atoms with E-state index in [0.717, 1.165) is 24.0 Å². The van der Waals surface area contributed by atoms with Crippen molar-refractivity contribution in [1.82, 2.24) is 9.55 Å². The lowest BCUT2D eigenvalue weighted by molar-refractivity contribution is 0.0999. The maximum atomic E-state index is 11.6. The van der Waals surface area contributed by atoms with Crippen LogP contribution < -0.4 is 0 Å². The summed E-state index contributed by atoms with van der Waals surface area (Å²) in [6.07, 6.45) is 0.872. The number of Topliss-reactive ketones (excluding diaryl/α,β-unsaturated/α-hetero) is 1. The number of rotatable bonds is 5. The van der Waals surface area contributed by atoms with Gasteiger partial charge >= 0.3 is 0 Å². The van der Waals surface area contributed by atoms with E-state index in [0.29, 0.717) is 12.4 Å². The Balaban J connectivity index is 2.41. The van der Waals surface area contributed by atoms with Gasteiger partial charge in [0.15, 0.2) is 11.6 Å². The van der Waals surface area contributed by atoms with Crippen LogP contribution in [0.5, 0.6) is 0 Å². The quantitative estimate of drug-likeness (QED) is 0.586. The second-order valence-electron chi connectivity index (χ2n) is 3.98. The summed E-state index contributed by atoms with van der Waals surface area (Å²) in [5, 5.41) is 0. The molecule has 2 rings (SSSR count). The molecule has 0 aliphatic carbocycles. The van der Waals surface area contributed by atoms with E-state index in [1.54, 1.807) is 14.0 Å². The standard InChI is InChI=1S/C13H16N2O2/c1-10(16)13-14-11-6-3-4-7-12(11)15(13)8-5-9-17-2/h3-4,6-7H,5,8-9H2,1-2H3. The number of nitrogens with zero attached hydrogens (tertiary/aromatic N) is 2. The van der Waals surface area contributed by atoms with Crippen molar-refractivity contribution in [3.05, 3.63) is 30.1 Å². The summed E-state index contributed by atoms with van der Waals surface area (Å²) in [4.78, 5) is 15.9. The molecule has 2 aromatic rings. The summed E-state index contributed by atoms with van der Waals surface area (Å²) < 4.78 is 7.00. The first-order valence-corrected chi connectivity index (χ1v) is 5.69. The van der Waals surface area contributed by atoms with Gasteiger partial charge in [0, 0.05) is 27.2 Å². The lowest BCUT2D eigenvalue weighted by atomic mass is 10.3. The van der Waals surface area contributed by atoms with E-state index in [9.17, 15) is 4.79 Å². The van der Waals surface area contributed by atoms with Crippen LogP contribution in [0.2, 0.25) is 0 Å². The molecule has 0 saturated carbocycles. The number of carbonyl (C=O) groups is 1. The third kappa shape index (κ3) is 2.36. The van der Waals surface area contributed by atoms with E-state index in [1.165, 1.54) is 0 Å². The van der Waals surface area contributed by atoms with E-state index in [2.05, 4.69) is 4.98 Å². The van der Waals surface area contributed by atoms with Crippen LogP contribution in [0.3, 0.4) is 0 Å². The summed E-state index contributed by atoms with van der Waals surface area (Å²) in [6, 6.07) is 7.80. The van der Waals surface area contributed by atoms with Gasteiger partial charge in [-0.05, 0) is 18.6 Å². The molecule has 0 amide bonds. The first-order chi connectivity index (χ1) is 8.24. The normalized spacial score (nSPS) is 10.9. The molecule has 0 spiro atoms. The number of ketones is 1. The summed E-state index contributed by atoms with van der Waals surface area (Å²) in [5.74, 6) is 0.529. The van der Waals surface area contributed by atoms with Crippen molar-refractivity contribution in [2.24, 2.45) is 0 Å². The van der Waals surface area contributed by atoms with Crippen molar-refractivity contribution in [3.8, 4) is 0 Å². The van der Waals surface area contributed by atoms with Gasteiger partial charge in [-0.3, -0.25) is 4.79 Å². The molecule has 0 aliphatic rings.